The smallest absolute Gasteiger partial charge is 0.246 e. The number of carbonyl (C=O) groups excluding carboxylic acids is 2. The Kier molecular flexibility index (Phi) is 7.75. The summed E-state index contributed by atoms with van der Waals surface area (Å²) >= 11 is 0. The number of aliphatic imine (C=N–C) groups is 1. The van der Waals surface area contributed by atoms with E-state index in [4.69, 9.17) is 0 Å². The third-order valence-corrected chi connectivity index (χ3v) is 3.85. The Labute approximate surface area is 148 Å². The molecule has 1 saturated heterocycles. The van der Waals surface area contributed by atoms with Crippen molar-refractivity contribution in [1.29, 1.82) is 0 Å². The van der Waals surface area contributed by atoms with Gasteiger partial charge in [0.1, 0.15) is 6.54 Å². The number of rotatable bonds is 8. The average molecular weight is 345 g/mol. The number of nitrogens with zero attached hydrogens (tertiary/aromatic N) is 2. The minimum atomic E-state index is -0.161. The van der Waals surface area contributed by atoms with Gasteiger partial charge < -0.3 is 20.9 Å². The van der Waals surface area contributed by atoms with Gasteiger partial charge in [0.05, 0.1) is 0 Å². The molecule has 2 amide bonds. The number of para-hydroxylation sites is 1. The van der Waals surface area contributed by atoms with Crippen LogP contribution in [-0.2, 0) is 9.59 Å². The van der Waals surface area contributed by atoms with Crippen molar-refractivity contribution >= 4 is 23.5 Å². The standard InChI is InChI=1S/C18H27N5O2/c1-2-19-18(20-11-7-13-23-12-6-10-17(23)25)21-14-16(24)22-15-8-4-3-5-9-15/h3-5,8-9H,2,6-7,10-14H2,1H3,(H,22,24)(H2,19,20,21). The van der Waals surface area contributed by atoms with Crippen LogP contribution in [0.25, 0.3) is 0 Å². The quantitative estimate of drug-likeness (QED) is 0.375. The van der Waals surface area contributed by atoms with E-state index in [2.05, 4.69) is 20.9 Å². The molecule has 2 rings (SSSR count). The van der Waals surface area contributed by atoms with Crippen LogP contribution >= 0.6 is 0 Å². The monoisotopic (exact) mass is 345 g/mol. The Hall–Kier alpha value is -2.57. The number of nitrogens with one attached hydrogen (secondary N) is 3. The maximum absolute atomic E-state index is 11.9. The minimum absolute atomic E-state index is 0.0504. The second-order valence-electron chi connectivity index (χ2n) is 5.87. The summed E-state index contributed by atoms with van der Waals surface area (Å²) in [5.74, 6) is 0.697. The maximum atomic E-state index is 11.9. The summed E-state index contributed by atoms with van der Waals surface area (Å²) in [6.45, 7) is 5.08. The van der Waals surface area contributed by atoms with Crippen LogP contribution < -0.4 is 16.0 Å². The Balaban J connectivity index is 1.71. The van der Waals surface area contributed by atoms with Gasteiger partial charge in [-0.1, -0.05) is 18.2 Å². The second kappa shape index (κ2) is 10.3. The van der Waals surface area contributed by atoms with E-state index in [1.165, 1.54) is 0 Å². The summed E-state index contributed by atoms with van der Waals surface area (Å²) in [6, 6.07) is 9.32. The highest BCUT2D eigenvalue weighted by Crippen LogP contribution is 2.09. The predicted octanol–water partition coefficient (Wildman–Crippen LogP) is 1.19. The van der Waals surface area contributed by atoms with Gasteiger partial charge in [0.15, 0.2) is 5.96 Å². The highest BCUT2D eigenvalue weighted by molar-refractivity contribution is 5.94. The SMILES string of the molecule is CCNC(=NCC(=O)Nc1ccccc1)NCCCN1CCCC1=O. The molecule has 0 spiro atoms. The largest absolute Gasteiger partial charge is 0.357 e. The van der Waals surface area contributed by atoms with Crippen LogP contribution in [-0.4, -0.2) is 55.4 Å². The molecule has 1 aromatic carbocycles. The van der Waals surface area contributed by atoms with E-state index in [9.17, 15) is 9.59 Å². The van der Waals surface area contributed by atoms with Crippen LogP contribution in [0.2, 0.25) is 0 Å². The van der Waals surface area contributed by atoms with Crippen LogP contribution in [0, 0.1) is 0 Å². The highest BCUT2D eigenvalue weighted by Gasteiger charge is 2.18. The summed E-state index contributed by atoms with van der Waals surface area (Å²) in [7, 11) is 0. The lowest BCUT2D eigenvalue weighted by atomic mass is 10.3. The van der Waals surface area contributed by atoms with Crippen molar-refractivity contribution in [3.05, 3.63) is 30.3 Å². The summed E-state index contributed by atoms with van der Waals surface area (Å²) in [5.41, 5.74) is 0.760. The fourth-order valence-electron chi connectivity index (χ4n) is 2.63. The number of amides is 2. The van der Waals surface area contributed by atoms with E-state index in [0.29, 0.717) is 18.9 Å². The van der Waals surface area contributed by atoms with Gasteiger partial charge in [0, 0.05) is 38.3 Å². The van der Waals surface area contributed by atoms with Crippen molar-refractivity contribution in [2.24, 2.45) is 4.99 Å². The van der Waals surface area contributed by atoms with Gasteiger partial charge in [0.25, 0.3) is 0 Å². The zero-order valence-electron chi connectivity index (χ0n) is 14.8. The van der Waals surface area contributed by atoms with Gasteiger partial charge in [0.2, 0.25) is 11.8 Å². The lowest BCUT2D eigenvalue weighted by Crippen LogP contribution is -2.39. The predicted molar refractivity (Wildman–Crippen MR) is 99.5 cm³/mol. The van der Waals surface area contributed by atoms with Gasteiger partial charge in [-0.3, -0.25) is 9.59 Å². The molecular formula is C18H27N5O2. The fraction of sp³-hybridized carbons (Fsp3) is 0.500. The molecule has 0 unspecified atom stereocenters. The van der Waals surface area contributed by atoms with Crippen molar-refractivity contribution in [2.45, 2.75) is 26.2 Å². The molecule has 1 aromatic rings. The van der Waals surface area contributed by atoms with E-state index in [1.54, 1.807) is 0 Å². The number of guanidine groups is 1. The molecule has 0 atom stereocenters. The average Bonchev–Trinajstić information content (AvgIpc) is 3.02. The zero-order valence-corrected chi connectivity index (χ0v) is 14.8. The first-order valence-electron chi connectivity index (χ1n) is 8.84. The number of anilines is 1. The topological polar surface area (TPSA) is 85.8 Å². The molecular weight excluding hydrogens is 318 g/mol. The molecule has 136 valence electrons. The normalized spacial score (nSPS) is 14.5. The summed E-state index contributed by atoms with van der Waals surface area (Å²) in [4.78, 5) is 29.7. The van der Waals surface area contributed by atoms with E-state index >= 15 is 0 Å². The molecule has 0 aromatic heterocycles. The van der Waals surface area contributed by atoms with Crippen LogP contribution in [0.3, 0.4) is 0 Å². The molecule has 25 heavy (non-hydrogen) atoms. The zero-order chi connectivity index (χ0) is 17.9. The molecule has 3 N–H and O–H groups in total. The molecule has 0 saturated carbocycles. The Bertz CT molecular complexity index is 588. The van der Waals surface area contributed by atoms with E-state index in [-0.39, 0.29) is 18.4 Å². The van der Waals surface area contributed by atoms with Gasteiger partial charge in [-0.15, -0.1) is 0 Å². The van der Waals surface area contributed by atoms with Crippen molar-refractivity contribution in [3.8, 4) is 0 Å². The van der Waals surface area contributed by atoms with Gasteiger partial charge in [-0.2, -0.15) is 0 Å². The summed E-state index contributed by atoms with van der Waals surface area (Å²) < 4.78 is 0. The summed E-state index contributed by atoms with van der Waals surface area (Å²) in [6.07, 6.45) is 2.49. The summed E-state index contributed by atoms with van der Waals surface area (Å²) in [5, 5.41) is 9.12. The van der Waals surface area contributed by atoms with Gasteiger partial charge >= 0.3 is 0 Å². The van der Waals surface area contributed by atoms with Crippen molar-refractivity contribution < 1.29 is 9.59 Å². The number of hydrogen-bond acceptors (Lipinski definition) is 3. The Morgan fingerprint density at radius 2 is 2.04 bits per heavy atom. The van der Waals surface area contributed by atoms with E-state index in [1.807, 2.05) is 42.2 Å². The molecule has 0 bridgehead atoms. The first kappa shape index (κ1) is 18.8. The molecule has 7 heteroatoms. The molecule has 1 fully saturated rings. The lowest BCUT2D eigenvalue weighted by molar-refractivity contribution is -0.127. The first-order valence-corrected chi connectivity index (χ1v) is 8.84. The van der Waals surface area contributed by atoms with Crippen molar-refractivity contribution in [3.63, 3.8) is 0 Å². The molecule has 0 aliphatic carbocycles. The molecule has 7 nitrogen and oxygen atoms in total. The lowest BCUT2D eigenvalue weighted by Gasteiger charge is -2.16. The van der Waals surface area contributed by atoms with Gasteiger partial charge in [-0.25, -0.2) is 4.99 Å². The van der Waals surface area contributed by atoms with E-state index in [0.717, 1.165) is 38.2 Å². The Morgan fingerprint density at radius 1 is 1.24 bits per heavy atom. The molecule has 1 aliphatic rings. The number of hydrogen-bond donors (Lipinski definition) is 3. The van der Waals surface area contributed by atoms with Crippen LogP contribution in [0.1, 0.15) is 26.2 Å². The fourth-order valence-corrected chi connectivity index (χ4v) is 2.63. The van der Waals surface area contributed by atoms with Crippen molar-refractivity contribution in [2.75, 3.05) is 38.0 Å². The first-order chi connectivity index (χ1) is 12.2. The van der Waals surface area contributed by atoms with Crippen LogP contribution in [0.4, 0.5) is 5.69 Å². The third-order valence-electron chi connectivity index (χ3n) is 3.85. The Morgan fingerprint density at radius 3 is 2.72 bits per heavy atom. The number of likely N-dealkylation sites (tertiary alicyclic amines) is 1. The number of benzene rings is 1. The van der Waals surface area contributed by atoms with Crippen LogP contribution in [0.15, 0.2) is 35.3 Å². The maximum Gasteiger partial charge on any atom is 0.246 e. The molecule has 0 radical (unpaired) electrons. The molecule has 1 aliphatic heterocycles. The van der Waals surface area contributed by atoms with Gasteiger partial charge in [-0.05, 0) is 31.9 Å². The molecule has 1 heterocycles. The minimum Gasteiger partial charge on any atom is -0.357 e. The van der Waals surface area contributed by atoms with Crippen molar-refractivity contribution in [1.82, 2.24) is 15.5 Å². The van der Waals surface area contributed by atoms with E-state index < -0.39 is 0 Å². The van der Waals surface area contributed by atoms with Crippen LogP contribution in [0.5, 0.6) is 0 Å². The second-order valence-corrected chi connectivity index (χ2v) is 5.87. The number of carbonyl (C=O) groups is 2. The third kappa shape index (κ3) is 6.82. The highest BCUT2D eigenvalue weighted by atomic mass is 16.2.